The van der Waals surface area contributed by atoms with E-state index < -0.39 is 5.92 Å². The number of methoxy groups -OCH3 is 1. The normalized spacial score (nSPS) is 11.9. The van der Waals surface area contributed by atoms with Crippen molar-refractivity contribution in [3.8, 4) is 5.75 Å². The van der Waals surface area contributed by atoms with Crippen LogP contribution in [0.1, 0.15) is 22.8 Å². The van der Waals surface area contributed by atoms with E-state index in [1.54, 1.807) is 32.2 Å². The van der Waals surface area contributed by atoms with E-state index >= 15 is 0 Å². The molecule has 80 valence electrons. The number of aldehydes is 1. The zero-order valence-corrected chi connectivity index (χ0v) is 9.11. The zero-order chi connectivity index (χ0) is 11.4. The van der Waals surface area contributed by atoms with Crippen LogP contribution in [0.3, 0.4) is 0 Å². The third-order valence-corrected chi connectivity index (χ3v) is 2.30. The number of hydrogen-bond acceptors (Lipinski definition) is 3. The highest BCUT2D eigenvalue weighted by Gasteiger charge is 2.14. The number of hydrogen-bond donors (Lipinski definition) is 0. The van der Waals surface area contributed by atoms with E-state index in [-0.39, 0.29) is 5.78 Å². The number of ketones is 1. The Morgan fingerprint density at radius 2 is 2.13 bits per heavy atom. The molecule has 0 aromatic heterocycles. The molecule has 0 radical (unpaired) electrons. The van der Waals surface area contributed by atoms with Gasteiger partial charge in [-0.25, -0.2) is 0 Å². The number of ether oxygens (including phenoxy) is 1. The van der Waals surface area contributed by atoms with Gasteiger partial charge in [-0.2, -0.15) is 0 Å². The molecule has 0 aliphatic rings. The van der Waals surface area contributed by atoms with E-state index in [1.807, 2.05) is 6.92 Å². The Morgan fingerprint density at radius 1 is 1.47 bits per heavy atom. The summed E-state index contributed by atoms with van der Waals surface area (Å²) in [6.07, 6.45) is 0.655. The Morgan fingerprint density at radius 3 is 2.60 bits per heavy atom. The van der Waals surface area contributed by atoms with Crippen LogP contribution in [0, 0.1) is 12.8 Å². The summed E-state index contributed by atoms with van der Waals surface area (Å²) in [5.41, 5.74) is 1.44. The lowest BCUT2D eigenvalue weighted by Gasteiger charge is -2.07. The average Bonchev–Trinajstić information content (AvgIpc) is 2.26. The number of aryl methyl sites for hydroxylation is 1. The molecule has 0 N–H and O–H groups in total. The van der Waals surface area contributed by atoms with Crippen molar-refractivity contribution in [2.24, 2.45) is 5.92 Å². The van der Waals surface area contributed by atoms with Gasteiger partial charge in [0.2, 0.25) is 0 Å². The standard InChI is InChI=1S/C12H14O3/c1-8-6-10(4-5-11(8)15-3)12(14)9(2)7-13/h4-7,9H,1-3H3. The zero-order valence-electron chi connectivity index (χ0n) is 9.11. The second-order valence-electron chi connectivity index (χ2n) is 3.47. The second kappa shape index (κ2) is 4.73. The third kappa shape index (κ3) is 2.43. The molecule has 1 unspecified atom stereocenters. The molecule has 0 saturated heterocycles. The van der Waals surface area contributed by atoms with E-state index in [0.717, 1.165) is 11.3 Å². The minimum atomic E-state index is -0.585. The summed E-state index contributed by atoms with van der Waals surface area (Å²) in [7, 11) is 1.58. The van der Waals surface area contributed by atoms with Gasteiger partial charge in [0.25, 0.3) is 0 Å². The van der Waals surface area contributed by atoms with Gasteiger partial charge in [-0.05, 0) is 37.6 Å². The van der Waals surface area contributed by atoms with Gasteiger partial charge in [0.15, 0.2) is 5.78 Å². The highest BCUT2D eigenvalue weighted by atomic mass is 16.5. The molecular weight excluding hydrogens is 192 g/mol. The van der Waals surface area contributed by atoms with Gasteiger partial charge in [-0.1, -0.05) is 0 Å². The van der Waals surface area contributed by atoms with Crippen molar-refractivity contribution in [3.63, 3.8) is 0 Å². The molecule has 0 aliphatic heterocycles. The maximum atomic E-state index is 11.7. The van der Waals surface area contributed by atoms with Crippen LogP contribution in [0.2, 0.25) is 0 Å². The van der Waals surface area contributed by atoms with E-state index in [2.05, 4.69) is 0 Å². The molecule has 0 bridgehead atoms. The predicted octanol–water partition coefficient (Wildman–Crippen LogP) is 2.02. The number of carbonyl (C=O) groups excluding carboxylic acids is 2. The summed E-state index contributed by atoms with van der Waals surface area (Å²) in [4.78, 5) is 22.1. The first-order valence-corrected chi connectivity index (χ1v) is 4.74. The van der Waals surface area contributed by atoms with E-state index in [9.17, 15) is 9.59 Å². The topological polar surface area (TPSA) is 43.4 Å². The Balaban J connectivity index is 3.02. The average molecular weight is 206 g/mol. The molecule has 0 saturated carbocycles. The largest absolute Gasteiger partial charge is 0.496 e. The molecule has 0 heterocycles. The van der Waals surface area contributed by atoms with Gasteiger partial charge in [0.1, 0.15) is 12.0 Å². The maximum Gasteiger partial charge on any atom is 0.172 e. The Labute approximate surface area is 89.1 Å². The molecule has 1 aromatic carbocycles. The van der Waals surface area contributed by atoms with Crippen molar-refractivity contribution in [3.05, 3.63) is 29.3 Å². The molecule has 1 rings (SSSR count). The first-order chi connectivity index (χ1) is 7.10. The predicted molar refractivity (Wildman–Crippen MR) is 57.3 cm³/mol. The molecule has 1 atom stereocenters. The SMILES string of the molecule is COc1ccc(C(=O)C(C)C=O)cc1C. The highest BCUT2D eigenvalue weighted by molar-refractivity contribution is 6.05. The van der Waals surface area contributed by atoms with Crippen molar-refractivity contribution in [2.45, 2.75) is 13.8 Å². The van der Waals surface area contributed by atoms with Crippen LogP contribution in [0.15, 0.2) is 18.2 Å². The highest BCUT2D eigenvalue weighted by Crippen LogP contribution is 2.19. The van der Waals surface area contributed by atoms with Crippen LogP contribution in [0.25, 0.3) is 0 Å². The van der Waals surface area contributed by atoms with Crippen molar-refractivity contribution in [1.82, 2.24) is 0 Å². The fraction of sp³-hybridized carbons (Fsp3) is 0.333. The first-order valence-electron chi connectivity index (χ1n) is 4.74. The molecule has 15 heavy (non-hydrogen) atoms. The summed E-state index contributed by atoms with van der Waals surface area (Å²) in [5.74, 6) is -0.00106. The number of benzene rings is 1. The van der Waals surface area contributed by atoms with E-state index in [0.29, 0.717) is 11.8 Å². The Hall–Kier alpha value is -1.64. The van der Waals surface area contributed by atoms with E-state index in [4.69, 9.17) is 4.74 Å². The second-order valence-corrected chi connectivity index (χ2v) is 3.47. The summed E-state index contributed by atoms with van der Waals surface area (Å²) < 4.78 is 5.09. The van der Waals surface area contributed by atoms with Gasteiger partial charge in [0.05, 0.1) is 13.0 Å². The van der Waals surface area contributed by atoms with Crippen molar-refractivity contribution < 1.29 is 14.3 Å². The van der Waals surface area contributed by atoms with Crippen LogP contribution < -0.4 is 4.74 Å². The number of carbonyl (C=O) groups is 2. The lowest BCUT2D eigenvalue weighted by molar-refractivity contribution is -0.109. The molecule has 3 nitrogen and oxygen atoms in total. The van der Waals surface area contributed by atoms with Gasteiger partial charge in [-0.3, -0.25) is 4.79 Å². The van der Waals surface area contributed by atoms with Gasteiger partial charge in [0, 0.05) is 5.56 Å². The van der Waals surface area contributed by atoms with Crippen molar-refractivity contribution in [1.29, 1.82) is 0 Å². The van der Waals surface area contributed by atoms with Gasteiger partial charge >= 0.3 is 0 Å². The maximum absolute atomic E-state index is 11.7. The Bertz CT molecular complexity index is 382. The molecule has 0 fully saturated rings. The van der Waals surface area contributed by atoms with Crippen LogP contribution in [0.5, 0.6) is 5.75 Å². The molecule has 3 heteroatoms. The first kappa shape index (κ1) is 11.4. The third-order valence-electron chi connectivity index (χ3n) is 2.30. The minimum absolute atomic E-state index is 0.157. The minimum Gasteiger partial charge on any atom is -0.496 e. The fourth-order valence-electron chi connectivity index (χ4n) is 1.36. The monoisotopic (exact) mass is 206 g/mol. The smallest absolute Gasteiger partial charge is 0.172 e. The summed E-state index contributed by atoms with van der Waals surface area (Å²) in [5, 5.41) is 0. The van der Waals surface area contributed by atoms with Crippen LogP contribution in [0.4, 0.5) is 0 Å². The molecule has 0 aliphatic carbocycles. The summed E-state index contributed by atoms with van der Waals surface area (Å²) >= 11 is 0. The molecule has 0 amide bonds. The fourth-order valence-corrected chi connectivity index (χ4v) is 1.36. The van der Waals surface area contributed by atoms with Gasteiger partial charge < -0.3 is 9.53 Å². The molecule has 0 spiro atoms. The van der Waals surface area contributed by atoms with Crippen LogP contribution in [-0.4, -0.2) is 19.2 Å². The number of Topliss-reactive ketones (excluding diaryl/α,β-unsaturated/α-hetero) is 1. The lowest BCUT2D eigenvalue weighted by atomic mass is 9.99. The Kier molecular flexibility index (Phi) is 3.61. The summed E-state index contributed by atoms with van der Waals surface area (Å²) in [6, 6.07) is 5.15. The lowest BCUT2D eigenvalue weighted by Crippen LogP contribution is -2.12. The van der Waals surface area contributed by atoms with Crippen molar-refractivity contribution >= 4 is 12.1 Å². The number of rotatable bonds is 4. The van der Waals surface area contributed by atoms with Gasteiger partial charge in [-0.15, -0.1) is 0 Å². The van der Waals surface area contributed by atoms with Crippen LogP contribution >= 0.6 is 0 Å². The van der Waals surface area contributed by atoms with Crippen LogP contribution in [-0.2, 0) is 4.79 Å². The quantitative estimate of drug-likeness (QED) is 0.430. The molecule has 1 aromatic rings. The van der Waals surface area contributed by atoms with E-state index in [1.165, 1.54) is 0 Å². The molecular formula is C12H14O3. The summed E-state index contributed by atoms with van der Waals surface area (Å²) in [6.45, 7) is 3.45. The van der Waals surface area contributed by atoms with Crippen molar-refractivity contribution in [2.75, 3.05) is 7.11 Å².